The zero-order chi connectivity index (χ0) is 18.4. The first-order valence-electron chi connectivity index (χ1n) is 9.07. The summed E-state index contributed by atoms with van der Waals surface area (Å²) >= 11 is 0. The number of hydrogen-bond donors (Lipinski definition) is 1. The lowest BCUT2D eigenvalue weighted by Gasteiger charge is -2.32. The number of aromatic nitrogens is 3. The molecule has 0 radical (unpaired) electrons. The first-order valence-corrected chi connectivity index (χ1v) is 9.07. The van der Waals surface area contributed by atoms with Crippen molar-refractivity contribution in [1.29, 1.82) is 0 Å². The molecule has 3 heterocycles. The summed E-state index contributed by atoms with van der Waals surface area (Å²) in [5.74, 6) is -0.00278. The molecule has 0 aliphatic carbocycles. The monoisotopic (exact) mass is 355 g/mol. The quantitative estimate of drug-likeness (QED) is 0.809. The number of hydrogen-bond acceptors (Lipinski definition) is 4. The van der Waals surface area contributed by atoms with Crippen LogP contribution in [0.15, 0.2) is 36.7 Å². The number of carbonyl (C=O) groups excluding carboxylic acids is 2. The Morgan fingerprint density at radius 2 is 2.19 bits per heavy atom. The van der Waals surface area contributed by atoms with Crippen LogP contribution in [0.5, 0.6) is 0 Å². The van der Waals surface area contributed by atoms with Crippen molar-refractivity contribution in [3.8, 4) is 0 Å². The maximum atomic E-state index is 12.4. The normalized spacial score (nSPS) is 17.3. The van der Waals surface area contributed by atoms with Crippen molar-refractivity contribution in [3.05, 3.63) is 48.0 Å². The second-order valence-corrected chi connectivity index (χ2v) is 6.66. The molecule has 26 heavy (non-hydrogen) atoms. The number of rotatable bonds is 7. The molecule has 1 saturated heterocycles. The van der Waals surface area contributed by atoms with Crippen LogP contribution in [0.4, 0.5) is 0 Å². The molecule has 1 atom stereocenters. The summed E-state index contributed by atoms with van der Waals surface area (Å²) < 4.78 is 1.82. The Labute approximate surface area is 153 Å². The topological polar surface area (TPSA) is 80.1 Å². The second kappa shape index (κ2) is 8.60. The highest BCUT2D eigenvalue weighted by Crippen LogP contribution is 2.18. The lowest BCUT2D eigenvalue weighted by atomic mass is 9.96. The minimum absolute atomic E-state index is 0.0178. The minimum atomic E-state index is -0.143. The van der Waals surface area contributed by atoms with E-state index < -0.39 is 0 Å². The molecule has 7 nitrogen and oxygen atoms in total. The van der Waals surface area contributed by atoms with Crippen LogP contribution in [-0.2, 0) is 22.6 Å². The smallest absolute Gasteiger partial charge is 0.224 e. The van der Waals surface area contributed by atoms with Crippen molar-refractivity contribution < 1.29 is 9.59 Å². The number of likely N-dealkylation sites (tertiary alicyclic amines) is 1. The molecule has 2 aromatic rings. The number of piperidine rings is 1. The van der Waals surface area contributed by atoms with Gasteiger partial charge < -0.3 is 10.2 Å². The molecule has 2 amide bonds. The van der Waals surface area contributed by atoms with Gasteiger partial charge in [-0.15, -0.1) is 0 Å². The van der Waals surface area contributed by atoms with Crippen LogP contribution in [0, 0.1) is 12.8 Å². The van der Waals surface area contributed by atoms with Crippen molar-refractivity contribution in [1.82, 2.24) is 25.0 Å². The summed E-state index contributed by atoms with van der Waals surface area (Å²) in [7, 11) is 0. The number of nitrogens with one attached hydrogen (secondary N) is 1. The average Bonchev–Trinajstić information content (AvgIpc) is 3.07. The number of amides is 2. The average molecular weight is 355 g/mol. The summed E-state index contributed by atoms with van der Waals surface area (Å²) in [6.07, 6.45) is 5.41. The van der Waals surface area contributed by atoms with Gasteiger partial charge >= 0.3 is 0 Å². The van der Waals surface area contributed by atoms with Crippen molar-refractivity contribution in [3.63, 3.8) is 0 Å². The summed E-state index contributed by atoms with van der Waals surface area (Å²) in [6, 6.07) is 7.71. The second-order valence-electron chi connectivity index (χ2n) is 6.66. The van der Waals surface area contributed by atoms with Crippen LogP contribution < -0.4 is 5.32 Å². The highest BCUT2D eigenvalue weighted by molar-refractivity contribution is 5.83. The summed E-state index contributed by atoms with van der Waals surface area (Å²) in [6.45, 7) is 4.21. The Morgan fingerprint density at radius 3 is 2.92 bits per heavy atom. The van der Waals surface area contributed by atoms with Crippen molar-refractivity contribution in [2.75, 3.05) is 19.6 Å². The first kappa shape index (κ1) is 18.1. The molecule has 3 rings (SSSR count). The van der Waals surface area contributed by atoms with Gasteiger partial charge in [0.05, 0.1) is 18.2 Å². The molecule has 1 aliphatic rings. The molecule has 0 aromatic carbocycles. The number of nitrogens with zero attached hydrogens (tertiary/aromatic N) is 4. The minimum Gasteiger partial charge on any atom is -0.354 e. The van der Waals surface area contributed by atoms with Gasteiger partial charge in [-0.2, -0.15) is 5.10 Å². The Balaban J connectivity index is 1.45. The van der Waals surface area contributed by atoms with E-state index in [0.717, 1.165) is 11.4 Å². The van der Waals surface area contributed by atoms with Crippen LogP contribution in [0.25, 0.3) is 0 Å². The number of pyridine rings is 1. The van der Waals surface area contributed by atoms with E-state index in [4.69, 9.17) is 0 Å². The Hall–Kier alpha value is -2.70. The third-order valence-corrected chi connectivity index (χ3v) is 4.65. The molecule has 0 unspecified atom stereocenters. The maximum Gasteiger partial charge on any atom is 0.224 e. The molecule has 1 aliphatic heterocycles. The van der Waals surface area contributed by atoms with E-state index in [-0.39, 0.29) is 17.7 Å². The van der Waals surface area contributed by atoms with Crippen LogP contribution in [0.1, 0.15) is 24.2 Å². The van der Waals surface area contributed by atoms with Gasteiger partial charge in [-0.1, -0.05) is 6.07 Å². The maximum absolute atomic E-state index is 12.4. The van der Waals surface area contributed by atoms with Gasteiger partial charge in [0.1, 0.15) is 0 Å². The third kappa shape index (κ3) is 4.91. The predicted molar refractivity (Wildman–Crippen MR) is 97.2 cm³/mol. The SMILES string of the molecule is Cc1ccn(CCNC(=O)[C@H]2CCC(=O)N(CCc3ccccn3)C2)n1. The van der Waals surface area contributed by atoms with E-state index in [1.54, 1.807) is 11.1 Å². The van der Waals surface area contributed by atoms with Crippen molar-refractivity contribution in [2.24, 2.45) is 5.92 Å². The fraction of sp³-hybridized carbons (Fsp3) is 0.474. The Morgan fingerprint density at radius 1 is 1.31 bits per heavy atom. The molecule has 138 valence electrons. The molecule has 7 heteroatoms. The van der Waals surface area contributed by atoms with Gasteiger partial charge in [-0.25, -0.2) is 0 Å². The molecule has 2 aromatic heterocycles. The number of aryl methyl sites for hydroxylation is 1. The van der Waals surface area contributed by atoms with Gasteiger partial charge in [0.15, 0.2) is 0 Å². The predicted octanol–water partition coefficient (Wildman–Crippen LogP) is 1.18. The van der Waals surface area contributed by atoms with Gasteiger partial charge in [0.2, 0.25) is 11.8 Å². The largest absolute Gasteiger partial charge is 0.354 e. The van der Waals surface area contributed by atoms with Gasteiger partial charge in [-0.3, -0.25) is 19.3 Å². The lowest BCUT2D eigenvalue weighted by molar-refractivity contribution is -0.138. The molecule has 1 N–H and O–H groups in total. The Kier molecular flexibility index (Phi) is 5.99. The van der Waals surface area contributed by atoms with Crippen LogP contribution in [-0.4, -0.2) is 51.1 Å². The summed E-state index contributed by atoms with van der Waals surface area (Å²) in [5, 5.41) is 7.27. The fourth-order valence-electron chi connectivity index (χ4n) is 3.17. The highest BCUT2D eigenvalue weighted by Gasteiger charge is 2.29. The Bertz CT molecular complexity index is 743. The van der Waals surface area contributed by atoms with E-state index in [2.05, 4.69) is 15.4 Å². The first-order chi connectivity index (χ1) is 12.6. The van der Waals surface area contributed by atoms with E-state index in [1.807, 2.05) is 42.1 Å². The van der Waals surface area contributed by atoms with Gasteiger partial charge in [-0.05, 0) is 31.5 Å². The lowest BCUT2D eigenvalue weighted by Crippen LogP contribution is -2.46. The van der Waals surface area contributed by atoms with Gasteiger partial charge in [0.25, 0.3) is 0 Å². The van der Waals surface area contributed by atoms with Crippen molar-refractivity contribution >= 4 is 11.8 Å². The highest BCUT2D eigenvalue weighted by atomic mass is 16.2. The molecular weight excluding hydrogens is 330 g/mol. The number of carbonyl (C=O) groups is 2. The molecular formula is C19H25N5O2. The standard InChI is InChI=1S/C19H25N5O2/c1-15-7-12-24(22-15)13-10-21-19(26)16-5-6-18(25)23(14-16)11-8-17-4-2-3-9-20-17/h2-4,7,9,12,16H,5-6,8,10-11,13-14H2,1H3,(H,21,26)/t16-/m0/s1. The molecule has 0 spiro atoms. The zero-order valence-electron chi connectivity index (χ0n) is 15.1. The van der Waals surface area contributed by atoms with Crippen LogP contribution in [0.2, 0.25) is 0 Å². The van der Waals surface area contributed by atoms with Gasteiger partial charge in [0, 0.05) is 50.6 Å². The van der Waals surface area contributed by atoms with E-state index >= 15 is 0 Å². The zero-order valence-corrected chi connectivity index (χ0v) is 15.1. The van der Waals surface area contributed by atoms with Crippen molar-refractivity contribution in [2.45, 2.75) is 32.7 Å². The summed E-state index contributed by atoms with van der Waals surface area (Å²) in [4.78, 5) is 30.7. The molecule has 0 saturated carbocycles. The van der Waals surface area contributed by atoms with Crippen LogP contribution >= 0.6 is 0 Å². The van der Waals surface area contributed by atoms with E-state index in [9.17, 15) is 9.59 Å². The van der Waals surface area contributed by atoms with E-state index in [0.29, 0.717) is 45.4 Å². The molecule has 1 fully saturated rings. The summed E-state index contributed by atoms with van der Waals surface area (Å²) in [5.41, 5.74) is 1.92. The fourth-order valence-corrected chi connectivity index (χ4v) is 3.17. The molecule has 0 bridgehead atoms. The van der Waals surface area contributed by atoms with E-state index in [1.165, 1.54) is 0 Å². The third-order valence-electron chi connectivity index (χ3n) is 4.65. The van der Waals surface area contributed by atoms with Crippen LogP contribution in [0.3, 0.4) is 0 Å².